The molecular weight excluding hydrogens is 250 g/mol. The third kappa shape index (κ3) is 2.71. The van der Waals surface area contributed by atoms with Crippen LogP contribution in [-0.2, 0) is 4.74 Å². The number of hydrogen-bond donors (Lipinski definition) is 1. The SMILES string of the molecule is C#C[C@]1(OC(=O)c2ccccc2)C[C@@H](C)[NH+](C)C[C@H]1C. The third-order valence-electron chi connectivity index (χ3n) is 4.40. The van der Waals surface area contributed by atoms with Crippen LogP contribution in [-0.4, -0.2) is 31.2 Å². The fourth-order valence-electron chi connectivity index (χ4n) is 2.85. The largest absolute Gasteiger partial charge is 0.441 e. The Morgan fingerprint density at radius 3 is 2.65 bits per heavy atom. The third-order valence-corrected chi connectivity index (χ3v) is 4.40. The molecule has 1 aliphatic rings. The Labute approximate surface area is 120 Å². The van der Waals surface area contributed by atoms with E-state index in [1.54, 1.807) is 12.1 Å². The molecule has 0 amide bonds. The summed E-state index contributed by atoms with van der Waals surface area (Å²) in [6.07, 6.45) is 6.43. The molecule has 0 bridgehead atoms. The Balaban J connectivity index is 2.20. The molecule has 1 fully saturated rings. The van der Waals surface area contributed by atoms with E-state index in [1.807, 2.05) is 18.2 Å². The summed E-state index contributed by atoms with van der Waals surface area (Å²) in [6.45, 7) is 5.12. The molecule has 2 rings (SSSR count). The van der Waals surface area contributed by atoms with E-state index in [0.717, 1.165) is 6.54 Å². The number of esters is 1. The van der Waals surface area contributed by atoms with E-state index in [1.165, 1.54) is 4.90 Å². The Kier molecular flexibility index (Phi) is 4.15. The number of carbonyl (C=O) groups excluding carboxylic acids is 1. The van der Waals surface area contributed by atoms with Gasteiger partial charge in [0, 0.05) is 0 Å². The second-order valence-corrected chi connectivity index (χ2v) is 5.85. The van der Waals surface area contributed by atoms with Crippen molar-refractivity contribution in [3.63, 3.8) is 0 Å². The van der Waals surface area contributed by atoms with Gasteiger partial charge in [-0.25, -0.2) is 4.79 Å². The molecule has 1 aromatic rings. The van der Waals surface area contributed by atoms with Crippen LogP contribution >= 0.6 is 0 Å². The second kappa shape index (κ2) is 5.68. The van der Waals surface area contributed by atoms with Gasteiger partial charge in [0.15, 0.2) is 5.60 Å². The van der Waals surface area contributed by atoms with Crippen LogP contribution in [0.15, 0.2) is 30.3 Å². The molecule has 4 atom stereocenters. The fourth-order valence-corrected chi connectivity index (χ4v) is 2.85. The van der Waals surface area contributed by atoms with Crippen molar-refractivity contribution in [2.45, 2.75) is 31.9 Å². The van der Waals surface area contributed by atoms with Crippen LogP contribution in [0, 0.1) is 18.3 Å². The second-order valence-electron chi connectivity index (χ2n) is 5.85. The number of benzene rings is 1. The lowest BCUT2D eigenvalue weighted by molar-refractivity contribution is -0.915. The van der Waals surface area contributed by atoms with Crippen molar-refractivity contribution in [2.75, 3.05) is 13.6 Å². The lowest BCUT2D eigenvalue weighted by atomic mass is 9.79. The molecule has 20 heavy (non-hydrogen) atoms. The monoisotopic (exact) mass is 272 g/mol. The van der Waals surface area contributed by atoms with Crippen LogP contribution < -0.4 is 4.90 Å². The number of ether oxygens (including phenoxy) is 1. The molecule has 106 valence electrons. The molecule has 1 saturated heterocycles. The minimum Gasteiger partial charge on any atom is -0.441 e. The highest BCUT2D eigenvalue weighted by Crippen LogP contribution is 2.29. The lowest BCUT2D eigenvalue weighted by Crippen LogP contribution is -3.15. The van der Waals surface area contributed by atoms with Gasteiger partial charge < -0.3 is 9.64 Å². The quantitative estimate of drug-likeness (QED) is 0.647. The molecule has 1 unspecified atom stereocenters. The molecule has 3 nitrogen and oxygen atoms in total. The average Bonchev–Trinajstić information content (AvgIpc) is 2.45. The topological polar surface area (TPSA) is 30.7 Å². The maximum Gasteiger partial charge on any atom is 0.339 e. The number of terminal acetylenes is 1. The standard InChI is InChI=1S/C17H21NO2/c1-5-17(11-14(3)18(4)12-13(17)2)20-16(19)15-9-7-6-8-10-15/h1,6-10,13-14H,11-12H2,2-4H3/p+1/t13-,14-,17+/m1/s1. The van der Waals surface area contributed by atoms with E-state index in [0.29, 0.717) is 18.0 Å². The van der Waals surface area contributed by atoms with Gasteiger partial charge in [0.2, 0.25) is 0 Å². The van der Waals surface area contributed by atoms with E-state index >= 15 is 0 Å². The number of nitrogens with one attached hydrogen (secondary N) is 1. The zero-order valence-electron chi connectivity index (χ0n) is 12.3. The zero-order valence-corrected chi connectivity index (χ0v) is 12.3. The van der Waals surface area contributed by atoms with E-state index < -0.39 is 5.60 Å². The van der Waals surface area contributed by atoms with Gasteiger partial charge in [0.1, 0.15) is 0 Å². The first-order valence-corrected chi connectivity index (χ1v) is 7.07. The molecule has 1 aromatic carbocycles. The molecule has 0 aromatic heterocycles. The van der Waals surface area contributed by atoms with Crippen molar-refractivity contribution in [2.24, 2.45) is 5.92 Å². The van der Waals surface area contributed by atoms with Gasteiger partial charge in [-0.1, -0.05) is 31.0 Å². The maximum absolute atomic E-state index is 12.3. The number of rotatable bonds is 2. The van der Waals surface area contributed by atoms with Crippen LogP contribution in [0.2, 0.25) is 0 Å². The van der Waals surface area contributed by atoms with Crippen molar-refractivity contribution >= 4 is 5.97 Å². The molecule has 0 radical (unpaired) electrons. The van der Waals surface area contributed by atoms with Gasteiger partial charge in [-0.2, -0.15) is 0 Å². The number of likely N-dealkylation sites (tertiary alicyclic amines) is 1. The zero-order chi connectivity index (χ0) is 14.8. The number of hydrogen-bond acceptors (Lipinski definition) is 2. The maximum atomic E-state index is 12.3. The van der Waals surface area contributed by atoms with Crippen molar-refractivity contribution in [1.29, 1.82) is 0 Å². The number of carbonyl (C=O) groups is 1. The predicted molar refractivity (Wildman–Crippen MR) is 78.4 cm³/mol. The van der Waals surface area contributed by atoms with Crippen LogP contribution in [0.3, 0.4) is 0 Å². The molecule has 1 heterocycles. The Morgan fingerprint density at radius 2 is 2.05 bits per heavy atom. The van der Waals surface area contributed by atoms with E-state index in [-0.39, 0.29) is 11.9 Å². The average molecular weight is 272 g/mol. The van der Waals surface area contributed by atoms with Crippen LogP contribution in [0.25, 0.3) is 0 Å². The summed E-state index contributed by atoms with van der Waals surface area (Å²) in [6, 6.07) is 9.40. The number of piperidine rings is 1. The first-order valence-electron chi connectivity index (χ1n) is 7.07. The summed E-state index contributed by atoms with van der Waals surface area (Å²) < 4.78 is 5.76. The van der Waals surface area contributed by atoms with E-state index in [4.69, 9.17) is 11.2 Å². The minimum atomic E-state index is -0.786. The van der Waals surface area contributed by atoms with Gasteiger partial charge in [-0.15, -0.1) is 6.42 Å². The highest BCUT2D eigenvalue weighted by molar-refractivity contribution is 5.89. The summed E-state index contributed by atoms with van der Waals surface area (Å²) in [5, 5.41) is 0. The van der Waals surface area contributed by atoms with Crippen LogP contribution in [0.1, 0.15) is 30.6 Å². The summed E-state index contributed by atoms with van der Waals surface area (Å²) in [5.74, 6) is 2.58. The predicted octanol–water partition coefficient (Wildman–Crippen LogP) is 1.16. The molecule has 1 N–H and O–H groups in total. The molecule has 3 heteroatoms. The first-order chi connectivity index (χ1) is 9.48. The van der Waals surface area contributed by atoms with E-state index in [9.17, 15) is 4.79 Å². The van der Waals surface area contributed by atoms with Crippen molar-refractivity contribution in [1.82, 2.24) is 0 Å². The fraction of sp³-hybridized carbons (Fsp3) is 0.471. The highest BCUT2D eigenvalue weighted by Gasteiger charge is 2.47. The van der Waals surface area contributed by atoms with Gasteiger partial charge in [-0.3, -0.25) is 0 Å². The van der Waals surface area contributed by atoms with Gasteiger partial charge in [-0.05, 0) is 19.1 Å². The molecule has 0 spiro atoms. The Morgan fingerprint density at radius 1 is 1.40 bits per heavy atom. The number of quaternary nitrogens is 1. The van der Waals surface area contributed by atoms with E-state index in [2.05, 4.69) is 26.8 Å². The van der Waals surface area contributed by atoms with Gasteiger partial charge >= 0.3 is 5.97 Å². The van der Waals surface area contributed by atoms with Gasteiger partial charge in [0.25, 0.3) is 0 Å². The summed E-state index contributed by atoms with van der Waals surface area (Å²) >= 11 is 0. The van der Waals surface area contributed by atoms with Crippen molar-refractivity contribution in [3.05, 3.63) is 35.9 Å². The molecule has 0 aliphatic carbocycles. The lowest BCUT2D eigenvalue weighted by Gasteiger charge is -2.42. The minimum absolute atomic E-state index is 0.149. The van der Waals surface area contributed by atoms with Crippen molar-refractivity contribution in [3.8, 4) is 12.3 Å². The highest BCUT2D eigenvalue weighted by atomic mass is 16.6. The Bertz CT molecular complexity index is 520. The molecule has 0 saturated carbocycles. The Hall–Kier alpha value is -1.79. The summed E-state index contributed by atoms with van der Waals surface area (Å²) in [5.41, 5.74) is -0.237. The van der Waals surface area contributed by atoms with Crippen LogP contribution in [0.5, 0.6) is 0 Å². The van der Waals surface area contributed by atoms with Crippen molar-refractivity contribution < 1.29 is 14.4 Å². The molecular formula is C17H22NO2+. The molecule has 1 aliphatic heterocycles. The summed E-state index contributed by atoms with van der Waals surface area (Å²) in [7, 11) is 2.15. The summed E-state index contributed by atoms with van der Waals surface area (Å²) in [4.78, 5) is 13.7. The van der Waals surface area contributed by atoms with Gasteiger partial charge in [0.05, 0.1) is 37.5 Å². The smallest absolute Gasteiger partial charge is 0.339 e. The normalized spacial score (nSPS) is 33.2. The van der Waals surface area contributed by atoms with Crippen LogP contribution in [0.4, 0.5) is 0 Å². The first kappa shape index (κ1) is 14.6.